The molecule has 2 unspecified atom stereocenters. The van der Waals surface area contributed by atoms with E-state index in [-0.39, 0.29) is 12.1 Å². The molecule has 1 rings (SSSR count). The van der Waals surface area contributed by atoms with Crippen LogP contribution in [0.5, 0.6) is 0 Å². The van der Waals surface area contributed by atoms with Crippen molar-refractivity contribution in [1.82, 2.24) is 5.43 Å². The van der Waals surface area contributed by atoms with Crippen LogP contribution in [0, 0.1) is 6.92 Å². The molecule has 3 nitrogen and oxygen atoms in total. The van der Waals surface area contributed by atoms with E-state index in [1.165, 1.54) is 6.07 Å². The molecule has 0 aliphatic heterocycles. The Morgan fingerprint density at radius 2 is 1.95 bits per heavy atom. The lowest BCUT2D eigenvalue weighted by atomic mass is 9.95. The number of alkyl halides is 3. The number of rotatable bonds is 6. The van der Waals surface area contributed by atoms with E-state index in [2.05, 4.69) is 5.43 Å². The van der Waals surface area contributed by atoms with Gasteiger partial charge < -0.3 is 4.74 Å². The van der Waals surface area contributed by atoms with Gasteiger partial charge in [-0.15, -0.1) is 0 Å². The predicted octanol–water partition coefficient (Wildman–Crippen LogP) is 3.33. The number of hydrogen-bond acceptors (Lipinski definition) is 3. The summed E-state index contributed by atoms with van der Waals surface area (Å²) in [4.78, 5) is 0. The third-order valence-corrected chi connectivity index (χ3v) is 3.44. The minimum Gasteiger partial charge on any atom is -0.382 e. The number of hydrazine groups is 1. The fourth-order valence-electron chi connectivity index (χ4n) is 2.09. The highest BCUT2D eigenvalue weighted by atomic mass is 19.4. The van der Waals surface area contributed by atoms with Crippen molar-refractivity contribution in [3.8, 4) is 0 Å². The van der Waals surface area contributed by atoms with Crippen LogP contribution in [0.3, 0.4) is 0 Å². The van der Waals surface area contributed by atoms with Gasteiger partial charge in [0.05, 0.1) is 11.7 Å². The standard InChI is InChI=1S/C14H21F3N2O/c1-9-8-11(14(15,16)17)5-6-12(9)13(19-18)7-4-10(2)20-3/h5-6,8,10,13,19H,4,7,18H2,1-3H3. The second-order valence-electron chi connectivity index (χ2n) is 4.91. The van der Waals surface area contributed by atoms with E-state index < -0.39 is 11.7 Å². The minimum atomic E-state index is -4.32. The molecule has 1 aromatic rings. The molecule has 20 heavy (non-hydrogen) atoms. The maximum absolute atomic E-state index is 12.6. The van der Waals surface area contributed by atoms with Gasteiger partial charge in [-0.1, -0.05) is 6.07 Å². The van der Waals surface area contributed by atoms with Crippen LogP contribution in [-0.4, -0.2) is 13.2 Å². The largest absolute Gasteiger partial charge is 0.416 e. The van der Waals surface area contributed by atoms with Gasteiger partial charge in [0.25, 0.3) is 0 Å². The Bertz CT molecular complexity index is 435. The average Bonchev–Trinajstić information content (AvgIpc) is 2.39. The van der Waals surface area contributed by atoms with E-state index in [1.807, 2.05) is 6.92 Å². The van der Waals surface area contributed by atoms with Crippen molar-refractivity contribution in [3.05, 3.63) is 34.9 Å². The van der Waals surface area contributed by atoms with Crippen molar-refractivity contribution in [2.24, 2.45) is 5.84 Å². The van der Waals surface area contributed by atoms with E-state index >= 15 is 0 Å². The van der Waals surface area contributed by atoms with Crippen molar-refractivity contribution in [1.29, 1.82) is 0 Å². The smallest absolute Gasteiger partial charge is 0.382 e. The van der Waals surface area contributed by atoms with Gasteiger partial charge in [0, 0.05) is 13.2 Å². The molecule has 2 atom stereocenters. The van der Waals surface area contributed by atoms with Crippen LogP contribution in [-0.2, 0) is 10.9 Å². The highest BCUT2D eigenvalue weighted by molar-refractivity contribution is 5.34. The Morgan fingerprint density at radius 1 is 1.30 bits per heavy atom. The number of benzene rings is 1. The molecule has 1 aromatic carbocycles. The van der Waals surface area contributed by atoms with E-state index in [4.69, 9.17) is 10.6 Å². The van der Waals surface area contributed by atoms with Gasteiger partial charge in [0.1, 0.15) is 0 Å². The molecule has 0 aliphatic rings. The Kier molecular flexibility index (Phi) is 5.98. The topological polar surface area (TPSA) is 47.3 Å². The summed E-state index contributed by atoms with van der Waals surface area (Å²) in [5.41, 5.74) is 3.38. The summed E-state index contributed by atoms with van der Waals surface area (Å²) in [6.07, 6.45) is -2.77. The van der Waals surface area contributed by atoms with Gasteiger partial charge in [0.15, 0.2) is 0 Å². The van der Waals surface area contributed by atoms with Crippen molar-refractivity contribution in [2.75, 3.05) is 7.11 Å². The summed E-state index contributed by atoms with van der Waals surface area (Å²) in [5, 5.41) is 0. The SMILES string of the molecule is COC(C)CCC(NN)c1ccc(C(F)(F)F)cc1C. The molecular weight excluding hydrogens is 269 g/mol. The second kappa shape index (κ2) is 7.06. The molecule has 0 radical (unpaired) electrons. The van der Waals surface area contributed by atoms with E-state index in [1.54, 1.807) is 14.0 Å². The fourth-order valence-corrected chi connectivity index (χ4v) is 2.09. The van der Waals surface area contributed by atoms with Gasteiger partial charge in [-0.05, 0) is 49.9 Å². The number of ether oxygens (including phenoxy) is 1. The van der Waals surface area contributed by atoms with Crippen LogP contribution in [0.2, 0.25) is 0 Å². The molecule has 0 bridgehead atoms. The lowest BCUT2D eigenvalue weighted by Gasteiger charge is -2.21. The summed E-state index contributed by atoms with van der Waals surface area (Å²) < 4.78 is 43.0. The maximum atomic E-state index is 12.6. The van der Waals surface area contributed by atoms with E-state index in [9.17, 15) is 13.2 Å². The van der Waals surface area contributed by atoms with Crippen molar-refractivity contribution >= 4 is 0 Å². The van der Waals surface area contributed by atoms with Gasteiger partial charge in [0.2, 0.25) is 0 Å². The molecule has 0 aromatic heterocycles. The lowest BCUT2D eigenvalue weighted by Crippen LogP contribution is -2.29. The molecule has 0 heterocycles. The van der Waals surface area contributed by atoms with E-state index in [0.29, 0.717) is 12.0 Å². The zero-order valence-electron chi connectivity index (χ0n) is 11.9. The number of aryl methyl sites for hydroxylation is 1. The van der Waals surface area contributed by atoms with Crippen LogP contribution in [0.15, 0.2) is 18.2 Å². The highest BCUT2D eigenvalue weighted by Crippen LogP contribution is 2.32. The van der Waals surface area contributed by atoms with E-state index in [0.717, 1.165) is 24.1 Å². The summed E-state index contributed by atoms with van der Waals surface area (Å²) in [6, 6.07) is 3.54. The molecule has 6 heteroatoms. The maximum Gasteiger partial charge on any atom is 0.416 e. The van der Waals surface area contributed by atoms with Crippen LogP contribution in [0.25, 0.3) is 0 Å². The number of nitrogens with one attached hydrogen (secondary N) is 1. The van der Waals surface area contributed by atoms with Gasteiger partial charge in [-0.3, -0.25) is 11.3 Å². The Hall–Kier alpha value is -1.11. The number of methoxy groups -OCH3 is 1. The fraction of sp³-hybridized carbons (Fsp3) is 0.571. The zero-order chi connectivity index (χ0) is 15.3. The number of halogens is 3. The van der Waals surface area contributed by atoms with Crippen LogP contribution >= 0.6 is 0 Å². The normalized spacial score (nSPS) is 15.2. The lowest BCUT2D eigenvalue weighted by molar-refractivity contribution is -0.137. The molecule has 0 saturated heterocycles. The minimum absolute atomic E-state index is 0.0839. The molecule has 0 spiro atoms. The van der Waals surface area contributed by atoms with Crippen LogP contribution < -0.4 is 11.3 Å². The molecule has 3 N–H and O–H groups in total. The molecule has 0 fully saturated rings. The third kappa shape index (κ3) is 4.47. The Morgan fingerprint density at radius 3 is 2.40 bits per heavy atom. The van der Waals surface area contributed by atoms with Gasteiger partial charge in [-0.2, -0.15) is 13.2 Å². The zero-order valence-corrected chi connectivity index (χ0v) is 11.9. The summed E-state index contributed by atoms with van der Waals surface area (Å²) >= 11 is 0. The number of hydrogen-bond donors (Lipinski definition) is 2. The first-order valence-corrected chi connectivity index (χ1v) is 6.46. The quantitative estimate of drug-likeness (QED) is 0.624. The molecule has 0 saturated carbocycles. The first-order valence-electron chi connectivity index (χ1n) is 6.46. The third-order valence-electron chi connectivity index (χ3n) is 3.44. The van der Waals surface area contributed by atoms with Crippen LogP contribution in [0.1, 0.15) is 42.5 Å². The Labute approximate surface area is 117 Å². The van der Waals surface area contributed by atoms with Crippen LogP contribution in [0.4, 0.5) is 13.2 Å². The summed E-state index contributed by atoms with van der Waals surface area (Å²) in [7, 11) is 1.62. The first-order chi connectivity index (χ1) is 9.29. The van der Waals surface area contributed by atoms with Crippen molar-refractivity contribution < 1.29 is 17.9 Å². The van der Waals surface area contributed by atoms with Gasteiger partial charge in [-0.25, -0.2) is 0 Å². The second-order valence-corrected chi connectivity index (χ2v) is 4.91. The Balaban J connectivity index is 2.88. The molecular formula is C14H21F3N2O. The first kappa shape index (κ1) is 16.9. The van der Waals surface area contributed by atoms with Gasteiger partial charge >= 0.3 is 6.18 Å². The monoisotopic (exact) mass is 290 g/mol. The van der Waals surface area contributed by atoms with Crippen molar-refractivity contribution in [3.63, 3.8) is 0 Å². The number of nitrogens with two attached hydrogens (primary N) is 1. The molecule has 0 amide bonds. The molecule has 114 valence electrons. The summed E-state index contributed by atoms with van der Waals surface area (Å²) in [6.45, 7) is 3.60. The average molecular weight is 290 g/mol. The predicted molar refractivity (Wildman–Crippen MR) is 72.0 cm³/mol. The summed E-state index contributed by atoms with van der Waals surface area (Å²) in [5.74, 6) is 5.51. The molecule has 0 aliphatic carbocycles. The highest BCUT2D eigenvalue weighted by Gasteiger charge is 2.31. The van der Waals surface area contributed by atoms with Crippen molar-refractivity contribution in [2.45, 2.75) is 45.0 Å².